The summed E-state index contributed by atoms with van der Waals surface area (Å²) in [6.07, 6.45) is 1.63. The summed E-state index contributed by atoms with van der Waals surface area (Å²) < 4.78 is 0. The second-order valence-electron chi connectivity index (χ2n) is 2.77. The third kappa shape index (κ3) is 1.55. The molecule has 0 unspecified atom stereocenters. The van der Waals surface area contributed by atoms with Crippen molar-refractivity contribution in [2.45, 2.75) is 6.54 Å². The molecular formula is C8H9N5O. The van der Waals surface area contributed by atoms with Gasteiger partial charge < -0.3 is 5.73 Å². The number of nitrogens with zero attached hydrogens (tertiary/aromatic N) is 2. The summed E-state index contributed by atoms with van der Waals surface area (Å²) >= 11 is 0. The van der Waals surface area contributed by atoms with Gasteiger partial charge in [-0.3, -0.25) is 9.97 Å². The monoisotopic (exact) mass is 191 g/mol. The van der Waals surface area contributed by atoms with Crippen LogP contribution in [0.2, 0.25) is 0 Å². The van der Waals surface area contributed by atoms with Crippen LogP contribution in [0.1, 0.15) is 5.69 Å². The summed E-state index contributed by atoms with van der Waals surface area (Å²) in [6, 6.07) is 3.54. The molecule has 0 aromatic carbocycles. The Morgan fingerprint density at radius 1 is 1.50 bits per heavy atom. The minimum atomic E-state index is -0.328. The Morgan fingerprint density at radius 3 is 3.00 bits per heavy atom. The van der Waals surface area contributed by atoms with Crippen LogP contribution in [0, 0.1) is 0 Å². The molecule has 2 heterocycles. The van der Waals surface area contributed by atoms with Crippen molar-refractivity contribution in [2.75, 3.05) is 0 Å². The van der Waals surface area contributed by atoms with Crippen LogP contribution >= 0.6 is 0 Å². The van der Waals surface area contributed by atoms with Crippen LogP contribution < -0.4 is 11.4 Å². The van der Waals surface area contributed by atoms with Crippen LogP contribution in [0.3, 0.4) is 0 Å². The first-order valence-corrected chi connectivity index (χ1v) is 4.09. The predicted molar refractivity (Wildman–Crippen MR) is 50.3 cm³/mol. The maximum absolute atomic E-state index is 10.8. The molecule has 0 aliphatic rings. The molecule has 0 saturated carbocycles. The van der Waals surface area contributed by atoms with Crippen LogP contribution in [0.25, 0.3) is 11.4 Å². The highest BCUT2D eigenvalue weighted by molar-refractivity contribution is 5.53. The van der Waals surface area contributed by atoms with E-state index in [-0.39, 0.29) is 5.69 Å². The van der Waals surface area contributed by atoms with E-state index in [0.29, 0.717) is 12.4 Å². The summed E-state index contributed by atoms with van der Waals surface area (Å²) in [5.41, 5.74) is 6.66. The number of nitrogens with one attached hydrogen (secondary N) is 2. The van der Waals surface area contributed by atoms with E-state index in [1.807, 2.05) is 0 Å². The molecular weight excluding hydrogens is 182 g/mol. The van der Waals surface area contributed by atoms with Crippen LogP contribution in [0.4, 0.5) is 0 Å². The smallest absolute Gasteiger partial charge is 0.325 e. The number of pyridine rings is 1. The molecule has 72 valence electrons. The van der Waals surface area contributed by atoms with Gasteiger partial charge in [-0.25, -0.2) is 9.89 Å². The minimum Gasteiger partial charge on any atom is -0.325 e. The number of nitrogens with two attached hydrogens (primary N) is 1. The van der Waals surface area contributed by atoms with E-state index < -0.39 is 0 Å². The molecule has 0 bridgehead atoms. The van der Waals surface area contributed by atoms with Crippen molar-refractivity contribution in [3.05, 3.63) is 34.5 Å². The zero-order valence-corrected chi connectivity index (χ0v) is 7.32. The van der Waals surface area contributed by atoms with Crippen molar-refractivity contribution in [3.8, 4) is 11.4 Å². The number of hydrogen-bond donors (Lipinski definition) is 3. The molecule has 0 aliphatic carbocycles. The van der Waals surface area contributed by atoms with Crippen molar-refractivity contribution in [1.29, 1.82) is 0 Å². The lowest BCUT2D eigenvalue weighted by molar-refractivity contribution is 0.989. The average molecular weight is 191 g/mol. The third-order valence-electron chi connectivity index (χ3n) is 1.80. The summed E-state index contributed by atoms with van der Waals surface area (Å²) in [5.74, 6) is 0.493. The third-order valence-corrected chi connectivity index (χ3v) is 1.80. The number of hydrogen-bond acceptors (Lipinski definition) is 4. The summed E-state index contributed by atoms with van der Waals surface area (Å²) in [4.78, 5) is 17.4. The second-order valence-corrected chi connectivity index (χ2v) is 2.77. The summed E-state index contributed by atoms with van der Waals surface area (Å²) in [6.45, 7) is 0.364. The molecule has 0 amide bonds. The van der Waals surface area contributed by atoms with E-state index in [1.54, 1.807) is 18.3 Å². The molecule has 0 aliphatic heterocycles. The molecule has 0 radical (unpaired) electrons. The Balaban J connectivity index is 2.46. The molecule has 6 nitrogen and oxygen atoms in total. The number of rotatable bonds is 2. The normalized spacial score (nSPS) is 10.4. The van der Waals surface area contributed by atoms with E-state index >= 15 is 0 Å². The Labute approximate surface area is 79.2 Å². The quantitative estimate of drug-likeness (QED) is 0.602. The van der Waals surface area contributed by atoms with Crippen molar-refractivity contribution >= 4 is 0 Å². The number of aromatic amines is 2. The van der Waals surface area contributed by atoms with Crippen LogP contribution in [-0.4, -0.2) is 20.2 Å². The molecule has 2 aromatic rings. The van der Waals surface area contributed by atoms with Gasteiger partial charge in [-0.15, -0.1) is 0 Å². The fourth-order valence-corrected chi connectivity index (χ4v) is 1.14. The van der Waals surface area contributed by atoms with Gasteiger partial charge in [-0.1, -0.05) is 0 Å². The zero-order chi connectivity index (χ0) is 9.97. The molecule has 4 N–H and O–H groups in total. The molecule has 0 atom stereocenters. The maximum atomic E-state index is 10.8. The van der Waals surface area contributed by atoms with Crippen LogP contribution in [0.5, 0.6) is 0 Å². The fourth-order valence-electron chi connectivity index (χ4n) is 1.14. The average Bonchev–Trinajstić information content (AvgIpc) is 2.65. The van der Waals surface area contributed by atoms with Crippen molar-refractivity contribution in [1.82, 2.24) is 20.2 Å². The Morgan fingerprint density at radius 2 is 2.36 bits per heavy atom. The highest BCUT2D eigenvalue weighted by Gasteiger charge is 2.02. The standard InChI is InChI=1S/C8H9N5O/c9-4-6-3-5(1-2-10-6)7-11-8(14)13-12-7/h1-3H,4,9H2,(H2,11,12,13,14). The van der Waals surface area contributed by atoms with Gasteiger partial charge in [-0.05, 0) is 12.1 Å². The van der Waals surface area contributed by atoms with Gasteiger partial charge in [0.25, 0.3) is 0 Å². The van der Waals surface area contributed by atoms with Gasteiger partial charge >= 0.3 is 5.69 Å². The summed E-state index contributed by atoms with van der Waals surface area (Å²) in [5, 5.41) is 6.09. The van der Waals surface area contributed by atoms with Gasteiger partial charge in [0.2, 0.25) is 0 Å². The maximum Gasteiger partial charge on any atom is 0.340 e. The second kappa shape index (κ2) is 3.43. The van der Waals surface area contributed by atoms with E-state index in [1.165, 1.54) is 0 Å². The highest BCUT2D eigenvalue weighted by Crippen LogP contribution is 2.12. The lowest BCUT2D eigenvalue weighted by atomic mass is 10.2. The van der Waals surface area contributed by atoms with Gasteiger partial charge in [-0.2, -0.15) is 5.10 Å². The first kappa shape index (κ1) is 8.64. The lowest BCUT2D eigenvalue weighted by Gasteiger charge is -1.98. The Kier molecular flexibility index (Phi) is 2.11. The topological polar surface area (TPSA) is 100 Å². The van der Waals surface area contributed by atoms with Crippen molar-refractivity contribution < 1.29 is 0 Å². The van der Waals surface area contributed by atoms with Crippen LogP contribution in [-0.2, 0) is 6.54 Å². The van der Waals surface area contributed by atoms with Crippen molar-refractivity contribution in [2.24, 2.45) is 5.73 Å². The molecule has 2 aromatic heterocycles. The molecule has 0 fully saturated rings. The summed E-state index contributed by atoms with van der Waals surface area (Å²) in [7, 11) is 0. The van der Waals surface area contributed by atoms with Gasteiger partial charge in [0.05, 0.1) is 5.69 Å². The first-order valence-electron chi connectivity index (χ1n) is 4.09. The first-order chi connectivity index (χ1) is 6.79. The number of aromatic nitrogens is 4. The lowest BCUT2D eigenvalue weighted by Crippen LogP contribution is -2.01. The Hall–Kier alpha value is -1.95. The molecule has 14 heavy (non-hydrogen) atoms. The van der Waals surface area contributed by atoms with Crippen LogP contribution in [0.15, 0.2) is 23.1 Å². The van der Waals surface area contributed by atoms with E-state index in [4.69, 9.17) is 5.73 Å². The zero-order valence-electron chi connectivity index (χ0n) is 7.32. The van der Waals surface area contributed by atoms with Gasteiger partial charge in [0, 0.05) is 18.3 Å². The molecule has 0 saturated heterocycles. The molecule has 6 heteroatoms. The van der Waals surface area contributed by atoms with Crippen molar-refractivity contribution in [3.63, 3.8) is 0 Å². The highest BCUT2D eigenvalue weighted by atomic mass is 16.1. The molecule has 2 rings (SSSR count). The molecule has 0 spiro atoms. The largest absolute Gasteiger partial charge is 0.340 e. The predicted octanol–water partition coefficient (Wildman–Crippen LogP) is -0.381. The van der Waals surface area contributed by atoms with Gasteiger partial charge in [0.1, 0.15) is 0 Å². The fraction of sp³-hybridized carbons (Fsp3) is 0.125. The van der Waals surface area contributed by atoms with E-state index in [9.17, 15) is 4.79 Å². The van der Waals surface area contributed by atoms with Gasteiger partial charge in [0.15, 0.2) is 5.82 Å². The minimum absolute atomic E-state index is 0.328. The van der Waals surface area contributed by atoms with E-state index in [2.05, 4.69) is 20.2 Å². The number of H-pyrrole nitrogens is 2. The SMILES string of the molecule is NCc1cc(-c2n[nH]c(=O)[nH]2)ccn1. The Bertz CT molecular complexity index is 486. The van der Waals surface area contributed by atoms with E-state index in [0.717, 1.165) is 11.3 Å².